The van der Waals surface area contributed by atoms with Crippen LogP contribution in [0.5, 0.6) is 5.75 Å². The fourth-order valence-electron chi connectivity index (χ4n) is 0.906. The van der Waals surface area contributed by atoms with Crippen molar-refractivity contribution in [1.29, 1.82) is 0 Å². The van der Waals surface area contributed by atoms with Crippen LogP contribution in [0.15, 0.2) is 23.1 Å². The highest BCUT2D eigenvalue weighted by Gasteiger charge is 2.03. The van der Waals surface area contributed by atoms with Crippen molar-refractivity contribution in [3.63, 3.8) is 0 Å². The van der Waals surface area contributed by atoms with Gasteiger partial charge in [-0.15, -0.1) is 12.6 Å². The van der Waals surface area contributed by atoms with Gasteiger partial charge >= 0.3 is 0 Å². The molecule has 2 nitrogen and oxygen atoms in total. The highest BCUT2D eigenvalue weighted by Crippen LogP contribution is 2.24. The van der Waals surface area contributed by atoms with Crippen molar-refractivity contribution >= 4 is 18.9 Å². The van der Waals surface area contributed by atoms with Gasteiger partial charge < -0.3 is 4.74 Å². The molecule has 0 aromatic heterocycles. The zero-order chi connectivity index (χ0) is 8.97. The molecule has 0 unspecified atom stereocenters. The Bertz CT molecular complexity index is 284. The molecule has 0 spiro atoms. The summed E-state index contributed by atoms with van der Waals surface area (Å²) in [4.78, 5) is 11.1. The maximum absolute atomic E-state index is 10.5. The SMILES string of the molecule is CCOc1cccc(C=O)c1S. The normalized spacial score (nSPS) is 9.50. The van der Waals surface area contributed by atoms with Crippen molar-refractivity contribution in [1.82, 2.24) is 0 Å². The molecule has 12 heavy (non-hydrogen) atoms. The van der Waals surface area contributed by atoms with Gasteiger partial charge in [-0.05, 0) is 13.0 Å². The van der Waals surface area contributed by atoms with Crippen molar-refractivity contribution in [2.75, 3.05) is 6.61 Å². The second-order valence-electron chi connectivity index (χ2n) is 2.24. The maximum atomic E-state index is 10.5. The Balaban J connectivity index is 3.04. The minimum absolute atomic E-state index is 0.560. The zero-order valence-electron chi connectivity index (χ0n) is 6.78. The van der Waals surface area contributed by atoms with E-state index in [1.165, 1.54) is 0 Å². The Morgan fingerprint density at radius 1 is 1.58 bits per heavy atom. The molecule has 0 atom stereocenters. The average molecular weight is 182 g/mol. The lowest BCUT2D eigenvalue weighted by molar-refractivity contribution is 0.112. The third-order valence-electron chi connectivity index (χ3n) is 1.46. The molecule has 1 aromatic carbocycles. The third kappa shape index (κ3) is 1.80. The van der Waals surface area contributed by atoms with Gasteiger partial charge in [-0.1, -0.05) is 12.1 Å². The second kappa shape index (κ2) is 4.16. The van der Waals surface area contributed by atoms with Crippen molar-refractivity contribution in [3.8, 4) is 5.75 Å². The summed E-state index contributed by atoms with van der Waals surface area (Å²) in [7, 11) is 0. The van der Waals surface area contributed by atoms with Crippen LogP contribution >= 0.6 is 12.6 Å². The molecule has 64 valence electrons. The van der Waals surface area contributed by atoms with Crippen LogP contribution in [0, 0.1) is 0 Å². The number of hydrogen-bond acceptors (Lipinski definition) is 3. The van der Waals surface area contributed by atoms with Crippen molar-refractivity contribution in [3.05, 3.63) is 23.8 Å². The summed E-state index contributed by atoms with van der Waals surface area (Å²) in [5, 5.41) is 0. The molecule has 1 aromatic rings. The molecule has 0 aliphatic carbocycles. The van der Waals surface area contributed by atoms with Crippen LogP contribution in [-0.2, 0) is 0 Å². The van der Waals surface area contributed by atoms with Gasteiger partial charge in [0.25, 0.3) is 0 Å². The van der Waals surface area contributed by atoms with Gasteiger partial charge in [0.2, 0.25) is 0 Å². The highest BCUT2D eigenvalue weighted by molar-refractivity contribution is 7.80. The molecule has 0 saturated carbocycles. The van der Waals surface area contributed by atoms with Crippen LogP contribution in [0.1, 0.15) is 17.3 Å². The lowest BCUT2D eigenvalue weighted by Crippen LogP contribution is -1.94. The summed E-state index contributed by atoms with van der Waals surface area (Å²) in [5.74, 6) is 0.658. The maximum Gasteiger partial charge on any atom is 0.151 e. The third-order valence-corrected chi connectivity index (χ3v) is 1.94. The van der Waals surface area contributed by atoms with Crippen LogP contribution in [0.25, 0.3) is 0 Å². The van der Waals surface area contributed by atoms with E-state index in [1.54, 1.807) is 18.2 Å². The molecule has 3 heteroatoms. The summed E-state index contributed by atoms with van der Waals surface area (Å²) < 4.78 is 5.24. The van der Waals surface area contributed by atoms with Crippen LogP contribution in [-0.4, -0.2) is 12.9 Å². The monoisotopic (exact) mass is 182 g/mol. The molecule has 1 rings (SSSR count). The van der Waals surface area contributed by atoms with E-state index in [-0.39, 0.29) is 0 Å². The topological polar surface area (TPSA) is 26.3 Å². The molecule has 0 fully saturated rings. The number of carbonyl (C=O) groups is 1. The first-order valence-corrected chi connectivity index (χ1v) is 4.14. The fraction of sp³-hybridized carbons (Fsp3) is 0.222. The predicted octanol–water partition coefficient (Wildman–Crippen LogP) is 2.19. The standard InChI is InChI=1S/C9H10O2S/c1-2-11-8-5-3-4-7(6-10)9(8)12/h3-6,12H,2H2,1H3. The molecule has 0 aliphatic heterocycles. The molecule has 0 amide bonds. The summed E-state index contributed by atoms with van der Waals surface area (Å²) >= 11 is 4.17. The first kappa shape index (κ1) is 9.13. The fourth-order valence-corrected chi connectivity index (χ4v) is 1.17. The van der Waals surface area contributed by atoms with E-state index in [4.69, 9.17) is 4.74 Å². The van der Waals surface area contributed by atoms with E-state index in [0.29, 0.717) is 22.8 Å². The Morgan fingerprint density at radius 2 is 2.33 bits per heavy atom. The summed E-state index contributed by atoms with van der Waals surface area (Å²) in [6.45, 7) is 2.47. The quantitative estimate of drug-likeness (QED) is 0.573. The minimum Gasteiger partial charge on any atom is -0.493 e. The van der Waals surface area contributed by atoms with Crippen LogP contribution in [0.4, 0.5) is 0 Å². The summed E-state index contributed by atoms with van der Waals surface area (Å²) in [6, 6.07) is 5.27. The van der Waals surface area contributed by atoms with E-state index in [1.807, 2.05) is 6.92 Å². The lowest BCUT2D eigenvalue weighted by atomic mass is 10.2. The largest absolute Gasteiger partial charge is 0.493 e. The van der Waals surface area contributed by atoms with Gasteiger partial charge in [-0.3, -0.25) is 4.79 Å². The molecule has 0 radical (unpaired) electrons. The first-order chi connectivity index (χ1) is 5.79. The van der Waals surface area contributed by atoms with Gasteiger partial charge in [0.1, 0.15) is 5.75 Å². The minimum atomic E-state index is 0.560. The van der Waals surface area contributed by atoms with Crippen molar-refractivity contribution in [2.24, 2.45) is 0 Å². The summed E-state index contributed by atoms with van der Waals surface area (Å²) in [5.41, 5.74) is 0.560. The molecule has 0 saturated heterocycles. The zero-order valence-corrected chi connectivity index (χ0v) is 7.67. The molecule has 0 bridgehead atoms. The van der Waals surface area contributed by atoms with Gasteiger partial charge in [0.15, 0.2) is 6.29 Å². The van der Waals surface area contributed by atoms with E-state index in [9.17, 15) is 4.79 Å². The van der Waals surface area contributed by atoms with Crippen molar-refractivity contribution < 1.29 is 9.53 Å². The van der Waals surface area contributed by atoms with Gasteiger partial charge in [-0.25, -0.2) is 0 Å². The lowest BCUT2D eigenvalue weighted by Gasteiger charge is -2.06. The Morgan fingerprint density at radius 3 is 2.92 bits per heavy atom. The number of aldehydes is 1. The molecular weight excluding hydrogens is 172 g/mol. The van der Waals surface area contributed by atoms with Crippen LogP contribution in [0.2, 0.25) is 0 Å². The number of rotatable bonds is 3. The highest BCUT2D eigenvalue weighted by atomic mass is 32.1. The van der Waals surface area contributed by atoms with Crippen LogP contribution in [0.3, 0.4) is 0 Å². The van der Waals surface area contributed by atoms with Gasteiger partial charge in [-0.2, -0.15) is 0 Å². The summed E-state index contributed by atoms with van der Waals surface area (Å²) in [6.07, 6.45) is 0.769. The number of carbonyl (C=O) groups excluding carboxylic acids is 1. The number of thiol groups is 1. The van der Waals surface area contributed by atoms with Crippen molar-refractivity contribution in [2.45, 2.75) is 11.8 Å². The predicted molar refractivity (Wildman–Crippen MR) is 50.3 cm³/mol. The molecule has 0 heterocycles. The number of benzene rings is 1. The van der Waals surface area contributed by atoms with Crippen LogP contribution < -0.4 is 4.74 Å². The average Bonchev–Trinajstić information content (AvgIpc) is 2.09. The van der Waals surface area contributed by atoms with E-state index >= 15 is 0 Å². The Hall–Kier alpha value is -0.960. The second-order valence-corrected chi connectivity index (χ2v) is 2.69. The van der Waals surface area contributed by atoms with E-state index in [0.717, 1.165) is 6.29 Å². The smallest absolute Gasteiger partial charge is 0.151 e. The van der Waals surface area contributed by atoms with E-state index in [2.05, 4.69) is 12.6 Å². The molecule has 0 aliphatic rings. The van der Waals surface area contributed by atoms with Gasteiger partial charge in [0, 0.05) is 5.56 Å². The molecule has 0 N–H and O–H groups in total. The Kier molecular flexibility index (Phi) is 3.17. The van der Waals surface area contributed by atoms with E-state index < -0.39 is 0 Å². The number of hydrogen-bond donors (Lipinski definition) is 1. The Labute approximate surface area is 77.0 Å². The first-order valence-electron chi connectivity index (χ1n) is 3.69. The number of ether oxygens (including phenoxy) is 1. The van der Waals surface area contributed by atoms with Gasteiger partial charge in [0.05, 0.1) is 11.5 Å². The molecular formula is C9H10O2S.